The van der Waals surface area contributed by atoms with Crippen LogP contribution in [0.15, 0.2) is 0 Å². The van der Waals surface area contributed by atoms with Crippen LogP contribution in [0, 0.1) is 0 Å². The number of carboxylic acid groups (broad SMARTS) is 1. The highest BCUT2D eigenvalue weighted by Gasteiger charge is 2.34. The molecule has 1 amide bonds. The second-order valence-electron chi connectivity index (χ2n) is 4.30. The van der Waals surface area contributed by atoms with Crippen molar-refractivity contribution >= 4 is 11.9 Å². The van der Waals surface area contributed by atoms with E-state index < -0.39 is 17.8 Å². The third kappa shape index (κ3) is 3.46. The quantitative estimate of drug-likeness (QED) is 0.569. The van der Waals surface area contributed by atoms with Gasteiger partial charge in [0.15, 0.2) is 5.79 Å². The number of hydrogen-bond donors (Lipinski definition) is 3. The van der Waals surface area contributed by atoms with Gasteiger partial charge in [-0.05, 0) is 19.8 Å². The van der Waals surface area contributed by atoms with E-state index in [1.54, 1.807) is 0 Å². The molecule has 1 rings (SSSR count). The van der Waals surface area contributed by atoms with E-state index >= 15 is 0 Å². The Kier molecular flexibility index (Phi) is 3.88. The number of carbonyl (C=O) groups excluding carboxylic acids is 1. The van der Waals surface area contributed by atoms with Crippen LogP contribution in [0.25, 0.3) is 0 Å². The van der Waals surface area contributed by atoms with Gasteiger partial charge in [-0.3, -0.25) is 4.79 Å². The van der Waals surface area contributed by atoms with Gasteiger partial charge in [0.1, 0.15) is 6.04 Å². The van der Waals surface area contributed by atoms with Gasteiger partial charge in [0.05, 0.1) is 0 Å². The van der Waals surface area contributed by atoms with E-state index in [4.69, 9.17) is 15.3 Å². The van der Waals surface area contributed by atoms with Gasteiger partial charge >= 0.3 is 5.97 Å². The second kappa shape index (κ2) is 4.80. The number of carbonyl (C=O) groups is 2. The number of amides is 1. The average Bonchev–Trinajstić information content (AvgIpc) is 2.61. The van der Waals surface area contributed by atoms with Gasteiger partial charge < -0.3 is 20.2 Å². The minimum absolute atomic E-state index is 0.0483. The first kappa shape index (κ1) is 12.9. The van der Waals surface area contributed by atoms with Crippen LogP contribution >= 0.6 is 0 Å². The predicted molar refractivity (Wildman–Crippen MR) is 54.4 cm³/mol. The molecule has 0 spiro atoms. The topological polar surface area (TPSA) is 98.1 Å². The van der Waals surface area contributed by atoms with E-state index in [1.807, 2.05) is 0 Å². The highest BCUT2D eigenvalue weighted by Crippen LogP contribution is 2.20. The summed E-state index contributed by atoms with van der Waals surface area (Å²) in [5.41, 5.74) is 0. The molecule has 0 saturated carbocycles. The average molecular weight is 231 g/mol. The van der Waals surface area contributed by atoms with Crippen LogP contribution < -0.4 is 0 Å². The van der Waals surface area contributed by atoms with Crippen molar-refractivity contribution in [1.82, 2.24) is 4.90 Å². The molecule has 0 unspecified atom stereocenters. The highest BCUT2D eigenvalue weighted by molar-refractivity contribution is 5.84. The first-order valence-corrected chi connectivity index (χ1v) is 5.28. The maximum absolute atomic E-state index is 11.6. The molecule has 0 aromatic rings. The van der Waals surface area contributed by atoms with Gasteiger partial charge in [-0.2, -0.15) is 0 Å². The molecule has 0 aromatic carbocycles. The smallest absolute Gasteiger partial charge is 0.326 e. The van der Waals surface area contributed by atoms with Gasteiger partial charge in [-0.15, -0.1) is 0 Å². The Hall–Kier alpha value is -1.14. The summed E-state index contributed by atoms with van der Waals surface area (Å²) < 4.78 is 0. The van der Waals surface area contributed by atoms with E-state index in [9.17, 15) is 9.59 Å². The van der Waals surface area contributed by atoms with E-state index in [-0.39, 0.29) is 18.7 Å². The van der Waals surface area contributed by atoms with Gasteiger partial charge in [0.2, 0.25) is 5.91 Å². The molecule has 0 bridgehead atoms. The third-order valence-electron chi connectivity index (χ3n) is 2.67. The lowest BCUT2D eigenvalue weighted by Gasteiger charge is -2.23. The Morgan fingerprint density at radius 2 is 2.06 bits per heavy atom. The SMILES string of the molecule is CC(O)(O)CCC(=O)N1CCC[C@H]1C(=O)O. The zero-order valence-corrected chi connectivity index (χ0v) is 9.22. The van der Waals surface area contributed by atoms with Crippen molar-refractivity contribution < 1.29 is 24.9 Å². The van der Waals surface area contributed by atoms with Crippen LogP contribution in [0.3, 0.4) is 0 Å². The minimum Gasteiger partial charge on any atom is -0.480 e. The number of rotatable bonds is 4. The number of aliphatic carboxylic acids is 1. The van der Waals surface area contributed by atoms with E-state index in [0.717, 1.165) is 0 Å². The molecule has 6 nitrogen and oxygen atoms in total. The fourth-order valence-corrected chi connectivity index (χ4v) is 1.81. The second-order valence-corrected chi connectivity index (χ2v) is 4.30. The molecular weight excluding hydrogens is 214 g/mol. The number of nitrogens with zero attached hydrogens (tertiary/aromatic N) is 1. The van der Waals surface area contributed by atoms with Crippen LogP contribution in [0.2, 0.25) is 0 Å². The number of aliphatic hydroxyl groups is 2. The fourth-order valence-electron chi connectivity index (χ4n) is 1.81. The summed E-state index contributed by atoms with van der Waals surface area (Å²) in [7, 11) is 0. The monoisotopic (exact) mass is 231 g/mol. The summed E-state index contributed by atoms with van der Waals surface area (Å²) in [5.74, 6) is -3.21. The Bertz CT molecular complexity index is 283. The van der Waals surface area contributed by atoms with Crippen LogP contribution in [0.5, 0.6) is 0 Å². The van der Waals surface area contributed by atoms with Crippen LogP contribution in [-0.4, -0.2) is 50.5 Å². The van der Waals surface area contributed by atoms with Crippen molar-refractivity contribution in [2.45, 2.75) is 44.4 Å². The van der Waals surface area contributed by atoms with Gasteiger partial charge in [-0.1, -0.05) is 0 Å². The summed E-state index contributed by atoms with van der Waals surface area (Å²) in [6.45, 7) is 1.63. The first-order chi connectivity index (χ1) is 7.31. The molecule has 1 aliphatic rings. The molecule has 1 heterocycles. The largest absolute Gasteiger partial charge is 0.480 e. The fraction of sp³-hybridized carbons (Fsp3) is 0.800. The summed E-state index contributed by atoms with van der Waals surface area (Å²) in [6, 6.07) is -0.754. The Morgan fingerprint density at radius 3 is 2.56 bits per heavy atom. The first-order valence-electron chi connectivity index (χ1n) is 5.28. The Morgan fingerprint density at radius 1 is 1.44 bits per heavy atom. The maximum atomic E-state index is 11.6. The van der Waals surface area contributed by atoms with E-state index in [0.29, 0.717) is 19.4 Å². The number of carboxylic acids is 1. The summed E-state index contributed by atoms with van der Waals surface area (Å²) in [4.78, 5) is 23.8. The molecule has 0 aliphatic carbocycles. The standard InChI is InChI=1S/C10H17NO5/c1-10(15,16)5-4-8(12)11-6-2-3-7(11)9(13)14/h7,15-16H,2-6H2,1H3,(H,13,14)/t7-/m0/s1. The summed E-state index contributed by atoms with van der Waals surface area (Å²) in [6.07, 6.45) is 1.01. The molecule has 92 valence electrons. The van der Waals surface area contributed by atoms with Crippen molar-refractivity contribution in [3.05, 3.63) is 0 Å². The lowest BCUT2D eigenvalue weighted by molar-refractivity contribution is -0.159. The van der Waals surface area contributed by atoms with Gasteiger partial charge in [0.25, 0.3) is 0 Å². The van der Waals surface area contributed by atoms with E-state index in [1.165, 1.54) is 11.8 Å². The highest BCUT2D eigenvalue weighted by atomic mass is 16.5. The molecular formula is C10H17NO5. The van der Waals surface area contributed by atoms with Gasteiger partial charge in [-0.25, -0.2) is 4.79 Å². The molecule has 16 heavy (non-hydrogen) atoms. The van der Waals surface area contributed by atoms with Crippen molar-refractivity contribution in [2.75, 3.05) is 6.54 Å². The molecule has 1 fully saturated rings. The third-order valence-corrected chi connectivity index (χ3v) is 2.67. The Balaban J connectivity index is 2.50. The molecule has 0 radical (unpaired) electrons. The Labute approximate surface area is 93.5 Å². The number of likely N-dealkylation sites (tertiary alicyclic amines) is 1. The van der Waals surface area contributed by atoms with E-state index in [2.05, 4.69) is 0 Å². The minimum atomic E-state index is -1.88. The van der Waals surface area contributed by atoms with Crippen molar-refractivity contribution in [3.63, 3.8) is 0 Å². The van der Waals surface area contributed by atoms with Crippen molar-refractivity contribution in [2.24, 2.45) is 0 Å². The summed E-state index contributed by atoms with van der Waals surface area (Å²) >= 11 is 0. The predicted octanol–water partition coefficient (Wildman–Crippen LogP) is -0.457. The van der Waals surface area contributed by atoms with Crippen LogP contribution in [0.4, 0.5) is 0 Å². The van der Waals surface area contributed by atoms with Crippen LogP contribution in [-0.2, 0) is 9.59 Å². The number of hydrogen-bond acceptors (Lipinski definition) is 4. The zero-order chi connectivity index (χ0) is 12.3. The molecule has 6 heteroatoms. The maximum Gasteiger partial charge on any atom is 0.326 e. The molecule has 1 atom stereocenters. The molecule has 0 aromatic heterocycles. The molecule has 3 N–H and O–H groups in total. The lowest BCUT2D eigenvalue weighted by atomic mass is 10.1. The lowest BCUT2D eigenvalue weighted by Crippen LogP contribution is -2.41. The van der Waals surface area contributed by atoms with Crippen molar-refractivity contribution in [3.8, 4) is 0 Å². The van der Waals surface area contributed by atoms with Crippen molar-refractivity contribution in [1.29, 1.82) is 0 Å². The van der Waals surface area contributed by atoms with Crippen LogP contribution in [0.1, 0.15) is 32.6 Å². The zero-order valence-electron chi connectivity index (χ0n) is 9.22. The van der Waals surface area contributed by atoms with Gasteiger partial charge in [0, 0.05) is 19.4 Å². The summed E-state index contributed by atoms with van der Waals surface area (Å²) in [5, 5.41) is 27.0. The molecule has 1 saturated heterocycles. The molecule has 1 aliphatic heterocycles. The normalized spacial score (nSPS) is 21.2.